The summed E-state index contributed by atoms with van der Waals surface area (Å²) in [5.74, 6) is -0.216. The molecule has 6 nitrogen and oxygen atoms in total. The van der Waals surface area contributed by atoms with Crippen molar-refractivity contribution < 1.29 is 9.90 Å². The molecule has 0 aliphatic rings. The van der Waals surface area contributed by atoms with E-state index >= 15 is 0 Å². The van der Waals surface area contributed by atoms with Crippen molar-refractivity contribution in [2.24, 2.45) is 5.92 Å². The average Bonchev–Trinajstić information content (AvgIpc) is 2.72. The summed E-state index contributed by atoms with van der Waals surface area (Å²) >= 11 is 0. The fraction of sp³-hybridized carbons (Fsp3) is 0.562. The van der Waals surface area contributed by atoms with E-state index in [0.717, 1.165) is 11.4 Å². The molecule has 0 saturated heterocycles. The zero-order valence-electron chi connectivity index (χ0n) is 14.1. The molecule has 1 atom stereocenters. The predicted molar refractivity (Wildman–Crippen MR) is 85.0 cm³/mol. The summed E-state index contributed by atoms with van der Waals surface area (Å²) in [5.41, 5.74) is 2.46. The van der Waals surface area contributed by atoms with E-state index in [1.807, 2.05) is 33.8 Å². The van der Waals surface area contributed by atoms with Gasteiger partial charge < -0.3 is 10.4 Å². The molecule has 2 N–H and O–H groups in total. The van der Waals surface area contributed by atoms with Crippen LogP contribution in [0.15, 0.2) is 6.07 Å². The third-order valence-electron chi connectivity index (χ3n) is 4.15. The van der Waals surface area contributed by atoms with Gasteiger partial charge in [-0.3, -0.25) is 4.79 Å². The van der Waals surface area contributed by atoms with Crippen LogP contribution in [0.5, 0.6) is 0 Å². The molecule has 2 rings (SSSR count). The normalized spacial score (nSPS) is 14.4. The predicted octanol–water partition coefficient (Wildman–Crippen LogP) is 1.79. The van der Waals surface area contributed by atoms with Crippen LogP contribution in [-0.2, 0) is 0 Å². The highest BCUT2D eigenvalue weighted by Gasteiger charge is 2.27. The number of rotatable bonds is 4. The van der Waals surface area contributed by atoms with Crippen molar-refractivity contribution in [3.8, 4) is 0 Å². The maximum Gasteiger partial charge on any atom is 0.257 e. The number of hydrogen-bond donors (Lipinski definition) is 2. The number of aromatic nitrogens is 3. The average molecular weight is 304 g/mol. The number of amides is 1. The lowest BCUT2D eigenvalue weighted by Crippen LogP contribution is -2.44. The second-order valence-corrected chi connectivity index (χ2v) is 6.43. The van der Waals surface area contributed by atoms with Crippen LogP contribution in [-0.4, -0.2) is 37.8 Å². The summed E-state index contributed by atoms with van der Waals surface area (Å²) in [7, 11) is 0. The van der Waals surface area contributed by atoms with Gasteiger partial charge in [0.05, 0.1) is 11.3 Å². The van der Waals surface area contributed by atoms with Gasteiger partial charge in [-0.25, -0.2) is 9.50 Å². The van der Waals surface area contributed by atoms with Gasteiger partial charge in [0.1, 0.15) is 5.56 Å². The highest BCUT2D eigenvalue weighted by molar-refractivity contribution is 6.01. The molecule has 0 spiro atoms. The van der Waals surface area contributed by atoms with E-state index in [0.29, 0.717) is 16.9 Å². The zero-order valence-corrected chi connectivity index (χ0v) is 14.1. The smallest absolute Gasteiger partial charge is 0.257 e. The standard InChI is InChI=1S/C16H24N4O2/c1-9(2)16(6,22)8-17-15(21)13-12(5)19-20-11(4)7-10(3)18-14(13)20/h7,9,22H,8H2,1-6H3,(H,17,21). The molecule has 0 aliphatic carbocycles. The quantitative estimate of drug-likeness (QED) is 0.902. The van der Waals surface area contributed by atoms with Gasteiger partial charge >= 0.3 is 0 Å². The second kappa shape index (κ2) is 5.68. The van der Waals surface area contributed by atoms with Gasteiger partial charge in [-0.1, -0.05) is 13.8 Å². The number of aliphatic hydroxyl groups is 1. The molecule has 2 aromatic rings. The van der Waals surface area contributed by atoms with Gasteiger partial charge in [-0.05, 0) is 39.7 Å². The SMILES string of the molecule is Cc1cc(C)n2nc(C)c(C(=O)NCC(C)(O)C(C)C)c2n1. The number of nitrogens with zero attached hydrogens (tertiary/aromatic N) is 3. The summed E-state index contributed by atoms with van der Waals surface area (Å²) in [5, 5.41) is 17.4. The minimum absolute atomic E-state index is 0.0421. The first kappa shape index (κ1) is 16.4. The number of nitrogens with one attached hydrogen (secondary N) is 1. The van der Waals surface area contributed by atoms with Gasteiger partial charge in [-0.2, -0.15) is 5.10 Å². The van der Waals surface area contributed by atoms with Crippen LogP contribution in [0.25, 0.3) is 5.65 Å². The van der Waals surface area contributed by atoms with Gasteiger partial charge in [0.15, 0.2) is 5.65 Å². The van der Waals surface area contributed by atoms with E-state index in [2.05, 4.69) is 15.4 Å². The van der Waals surface area contributed by atoms with Crippen molar-refractivity contribution in [3.05, 3.63) is 28.7 Å². The number of fused-ring (bicyclic) bond motifs is 1. The van der Waals surface area contributed by atoms with Crippen LogP contribution in [0, 0.1) is 26.7 Å². The topological polar surface area (TPSA) is 79.5 Å². The molecular weight excluding hydrogens is 280 g/mol. The molecule has 2 aromatic heterocycles. The summed E-state index contributed by atoms with van der Waals surface area (Å²) in [6.45, 7) is 11.3. The van der Waals surface area contributed by atoms with Crippen molar-refractivity contribution in [2.45, 2.75) is 47.1 Å². The van der Waals surface area contributed by atoms with E-state index in [1.165, 1.54) is 0 Å². The van der Waals surface area contributed by atoms with E-state index in [9.17, 15) is 9.90 Å². The fourth-order valence-electron chi connectivity index (χ4n) is 2.24. The first-order valence-corrected chi connectivity index (χ1v) is 7.47. The first-order valence-electron chi connectivity index (χ1n) is 7.47. The Morgan fingerprint density at radius 3 is 2.64 bits per heavy atom. The number of hydrogen-bond acceptors (Lipinski definition) is 4. The third kappa shape index (κ3) is 2.97. The minimum Gasteiger partial charge on any atom is -0.388 e. The van der Waals surface area contributed by atoms with Gasteiger partial charge in [-0.15, -0.1) is 0 Å². The molecule has 1 unspecified atom stereocenters. The Morgan fingerprint density at radius 1 is 1.41 bits per heavy atom. The van der Waals surface area contributed by atoms with Gasteiger partial charge in [0, 0.05) is 17.9 Å². The lowest BCUT2D eigenvalue weighted by Gasteiger charge is -2.27. The van der Waals surface area contributed by atoms with Crippen LogP contribution in [0.3, 0.4) is 0 Å². The van der Waals surface area contributed by atoms with Gasteiger partial charge in [0.2, 0.25) is 0 Å². The molecule has 0 aromatic carbocycles. The summed E-state index contributed by atoms with van der Waals surface area (Å²) in [6.07, 6.45) is 0. The molecule has 0 fully saturated rings. The Balaban J connectivity index is 2.35. The van der Waals surface area contributed by atoms with E-state index < -0.39 is 5.60 Å². The Morgan fingerprint density at radius 2 is 2.05 bits per heavy atom. The van der Waals surface area contributed by atoms with Crippen LogP contribution < -0.4 is 5.32 Å². The Kier molecular flexibility index (Phi) is 4.24. The molecule has 22 heavy (non-hydrogen) atoms. The lowest BCUT2D eigenvalue weighted by atomic mass is 9.92. The van der Waals surface area contributed by atoms with Crippen molar-refractivity contribution in [1.82, 2.24) is 19.9 Å². The fourth-order valence-corrected chi connectivity index (χ4v) is 2.24. The van der Waals surface area contributed by atoms with Crippen LogP contribution in [0.1, 0.15) is 48.2 Å². The molecule has 2 heterocycles. The molecular formula is C16H24N4O2. The van der Waals surface area contributed by atoms with Crippen LogP contribution >= 0.6 is 0 Å². The van der Waals surface area contributed by atoms with Crippen molar-refractivity contribution in [2.75, 3.05) is 6.54 Å². The van der Waals surface area contributed by atoms with Crippen molar-refractivity contribution >= 4 is 11.6 Å². The molecule has 0 saturated carbocycles. The van der Waals surface area contributed by atoms with E-state index in [4.69, 9.17) is 0 Å². The maximum absolute atomic E-state index is 12.5. The molecule has 120 valence electrons. The van der Waals surface area contributed by atoms with E-state index in [1.54, 1.807) is 18.4 Å². The first-order chi connectivity index (χ1) is 10.1. The highest BCUT2D eigenvalue weighted by atomic mass is 16.3. The number of aryl methyl sites for hydroxylation is 3. The van der Waals surface area contributed by atoms with Crippen molar-refractivity contribution in [1.29, 1.82) is 0 Å². The molecule has 6 heteroatoms. The highest BCUT2D eigenvalue weighted by Crippen LogP contribution is 2.18. The van der Waals surface area contributed by atoms with E-state index in [-0.39, 0.29) is 18.4 Å². The number of carbonyl (C=O) groups excluding carboxylic acids is 1. The summed E-state index contributed by atoms with van der Waals surface area (Å²) in [6, 6.07) is 1.92. The molecule has 0 bridgehead atoms. The Labute approximate surface area is 130 Å². The van der Waals surface area contributed by atoms with Crippen LogP contribution in [0.4, 0.5) is 0 Å². The monoisotopic (exact) mass is 304 g/mol. The summed E-state index contributed by atoms with van der Waals surface area (Å²) in [4.78, 5) is 17.0. The lowest BCUT2D eigenvalue weighted by molar-refractivity contribution is 0.0142. The molecule has 1 amide bonds. The number of carbonyl (C=O) groups is 1. The second-order valence-electron chi connectivity index (χ2n) is 6.43. The zero-order chi connectivity index (χ0) is 16.7. The third-order valence-corrected chi connectivity index (χ3v) is 4.15. The van der Waals surface area contributed by atoms with Gasteiger partial charge in [0.25, 0.3) is 5.91 Å². The Bertz CT molecular complexity index is 716. The Hall–Kier alpha value is -1.95. The molecule has 0 aliphatic heterocycles. The van der Waals surface area contributed by atoms with Crippen molar-refractivity contribution in [3.63, 3.8) is 0 Å². The maximum atomic E-state index is 12.5. The van der Waals surface area contributed by atoms with Crippen LogP contribution in [0.2, 0.25) is 0 Å². The molecule has 0 radical (unpaired) electrons. The summed E-state index contributed by atoms with van der Waals surface area (Å²) < 4.78 is 1.68. The largest absolute Gasteiger partial charge is 0.388 e. The minimum atomic E-state index is -0.953.